The Bertz CT molecular complexity index is 519. The first kappa shape index (κ1) is 12.3. The summed E-state index contributed by atoms with van der Waals surface area (Å²) in [6.45, 7) is 4.08. The molecule has 1 aromatic heterocycles. The molecule has 0 aliphatic carbocycles. The summed E-state index contributed by atoms with van der Waals surface area (Å²) in [5.74, 6) is 0.861. The summed E-state index contributed by atoms with van der Waals surface area (Å²) in [6.07, 6.45) is 0.880. The third-order valence-electron chi connectivity index (χ3n) is 2.79. The van der Waals surface area contributed by atoms with E-state index in [0.29, 0.717) is 0 Å². The van der Waals surface area contributed by atoms with Crippen molar-refractivity contribution in [1.29, 1.82) is 0 Å². The summed E-state index contributed by atoms with van der Waals surface area (Å²) in [5, 5.41) is 0. The van der Waals surface area contributed by atoms with Gasteiger partial charge in [-0.1, -0.05) is 35.0 Å². The van der Waals surface area contributed by atoms with Gasteiger partial charge in [0.05, 0.1) is 11.7 Å². The Morgan fingerprint density at radius 3 is 2.88 bits per heavy atom. The van der Waals surface area contributed by atoms with Crippen LogP contribution in [0.4, 0.5) is 0 Å². The van der Waals surface area contributed by atoms with Crippen molar-refractivity contribution in [2.75, 3.05) is 0 Å². The van der Waals surface area contributed by atoms with Crippen molar-refractivity contribution in [2.45, 2.75) is 26.3 Å². The topological polar surface area (TPSA) is 54.7 Å². The fourth-order valence-corrected chi connectivity index (χ4v) is 2.17. The largest absolute Gasteiger partial charge is 0.344 e. The number of halogens is 1. The van der Waals surface area contributed by atoms with Gasteiger partial charge in [0.15, 0.2) is 0 Å². The smallest absolute Gasteiger partial charge is 0.123 e. The standard InChI is InChI=1S/C13H16BrN3/c1-3-11(15)13-16-8(2)12(17-13)9-5-4-6-10(14)7-9/h4-7,11H,3,15H2,1-2H3,(H,16,17). The average Bonchev–Trinajstić information content (AvgIpc) is 2.70. The second-order valence-electron chi connectivity index (χ2n) is 4.12. The molecule has 0 amide bonds. The van der Waals surface area contributed by atoms with Crippen molar-refractivity contribution in [2.24, 2.45) is 5.73 Å². The highest BCUT2D eigenvalue weighted by Crippen LogP contribution is 2.25. The zero-order valence-electron chi connectivity index (χ0n) is 10.00. The molecule has 1 heterocycles. The van der Waals surface area contributed by atoms with Crippen LogP contribution in [0.1, 0.15) is 30.9 Å². The minimum absolute atomic E-state index is 0.0189. The molecular weight excluding hydrogens is 278 g/mol. The third-order valence-corrected chi connectivity index (χ3v) is 3.29. The minimum atomic E-state index is -0.0189. The zero-order chi connectivity index (χ0) is 12.4. The highest BCUT2D eigenvalue weighted by molar-refractivity contribution is 9.10. The van der Waals surface area contributed by atoms with Gasteiger partial charge in [-0.05, 0) is 25.5 Å². The lowest BCUT2D eigenvalue weighted by atomic mass is 10.1. The molecule has 17 heavy (non-hydrogen) atoms. The monoisotopic (exact) mass is 293 g/mol. The summed E-state index contributed by atoms with van der Waals surface area (Å²) < 4.78 is 1.05. The number of aryl methyl sites for hydroxylation is 1. The molecule has 0 radical (unpaired) electrons. The number of nitrogens with zero attached hydrogens (tertiary/aromatic N) is 1. The normalized spacial score (nSPS) is 12.7. The van der Waals surface area contributed by atoms with Crippen LogP contribution in [0.2, 0.25) is 0 Å². The highest BCUT2D eigenvalue weighted by atomic mass is 79.9. The summed E-state index contributed by atoms with van der Waals surface area (Å²) in [4.78, 5) is 7.85. The van der Waals surface area contributed by atoms with E-state index >= 15 is 0 Å². The van der Waals surface area contributed by atoms with Gasteiger partial charge in [-0.3, -0.25) is 0 Å². The van der Waals surface area contributed by atoms with Gasteiger partial charge < -0.3 is 10.7 Å². The number of aromatic amines is 1. The Balaban J connectivity index is 2.42. The Kier molecular flexibility index (Phi) is 3.64. The molecule has 2 rings (SSSR count). The second-order valence-corrected chi connectivity index (χ2v) is 5.04. The number of benzene rings is 1. The van der Waals surface area contributed by atoms with Crippen molar-refractivity contribution in [3.8, 4) is 11.3 Å². The molecule has 0 bridgehead atoms. The van der Waals surface area contributed by atoms with E-state index in [-0.39, 0.29) is 6.04 Å². The maximum Gasteiger partial charge on any atom is 0.123 e. The fraction of sp³-hybridized carbons (Fsp3) is 0.308. The van der Waals surface area contributed by atoms with E-state index in [0.717, 1.165) is 33.7 Å². The van der Waals surface area contributed by atoms with E-state index in [2.05, 4.69) is 45.0 Å². The van der Waals surface area contributed by atoms with Gasteiger partial charge in [-0.25, -0.2) is 4.98 Å². The van der Waals surface area contributed by atoms with E-state index in [1.807, 2.05) is 19.1 Å². The molecule has 0 fully saturated rings. The van der Waals surface area contributed by atoms with Crippen molar-refractivity contribution in [3.05, 3.63) is 40.3 Å². The number of nitrogens with one attached hydrogen (secondary N) is 1. The summed E-state index contributed by atoms with van der Waals surface area (Å²) >= 11 is 3.47. The van der Waals surface area contributed by atoms with Gasteiger partial charge >= 0.3 is 0 Å². The number of imidazole rings is 1. The molecule has 90 valence electrons. The number of nitrogens with two attached hydrogens (primary N) is 1. The second kappa shape index (κ2) is 5.02. The van der Waals surface area contributed by atoms with Crippen LogP contribution in [-0.4, -0.2) is 9.97 Å². The fourth-order valence-electron chi connectivity index (χ4n) is 1.77. The molecule has 0 aliphatic heterocycles. The first-order valence-electron chi connectivity index (χ1n) is 5.69. The van der Waals surface area contributed by atoms with Gasteiger partial charge in [0.25, 0.3) is 0 Å². The maximum atomic E-state index is 5.98. The molecule has 4 heteroatoms. The molecule has 0 spiro atoms. The van der Waals surface area contributed by atoms with Crippen molar-refractivity contribution >= 4 is 15.9 Å². The van der Waals surface area contributed by atoms with Crippen molar-refractivity contribution in [3.63, 3.8) is 0 Å². The first-order valence-corrected chi connectivity index (χ1v) is 6.49. The van der Waals surface area contributed by atoms with Gasteiger partial charge in [0.2, 0.25) is 0 Å². The van der Waals surface area contributed by atoms with E-state index in [1.54, 1.807) is 0 Å². The number of aromatic nitrogens is 2. The molecule has 0 saturated carbocycles. The number of hydrogen-bond donors (Lipinski definition) is 2. The van der Waals surface area contributed by atoms with Crippen LogP contribution < -0.4 is 5.73 Å². The Morgan fingerprint density at radius 1 is 1.47 bits per heavy atom. The van der Waals surface area contributed by atoms with Crippen molar-refractivity contribution in [1.82, 2.24) is 9.97 Å². The number of hydrogen-bond acceptors (Lipinski definition) is 2. The van der Waals surface area contributed by atoms with Crippen LogP contribution in [0.25, 0.3) is 11.3 Å². The van der Waals surface area contributed by atoms with Crippen LogP contribution in [-0.2, 0) is 0 Å². The van der Waals surface area contributed by atoms with Crippen LogP contribution in [0.15, 0.2) is 28.7 Å². The SMILES string of the molecule is CCC(N)c1nc(-c2cccc(Br)c2)c(C)[nH]1. The first-order chi connectivity index (χ1) is 8.11. The van der Waals surface area contributed by atoms with Gasteiger partial charge in [-0.2, -0.15) is 0 Å². The van der Waals surface area contributed by atoms with Crippen LogP contribution in [0.5, 0.6) is 0 Å². The van der Waals surface area contributed by atoms with Crippen molar-refractivity contribution < 1.29 is 0 Å². The number of H-pyrrole nitrogens is 1. The van der Waals surface area contributed by atoms with E-state index in [4.69, 9.17) is 5.73 Å². The van der Waals surface area contributed by atoms with Gasteiger partial charge in [0.1, 0.15) is 5.82 Å². The summed E-state index contributed by atoms with van der Waals surface area (Å²) in [7, 11) is 0. The lowest BCUT2D eigenvalue weighted by Crippen LogP contribution is -2.10. The lowest BCUT2D eigenvalue weighted by molar-refractivity contribution is 0.657. The Hall–Kier alpha value is -1.13. The molecule has 3 nitrogen and oxygen atoms in total. The average molecular weight is 294 g/mol. The van der Waals surface area contributed by atoms with Crippen LogP contribution in [0.3, 0.4) is 0 Å². The van der Waals surface area contributed by atoms with Crippen LogP contribution in [0, 0.1) is 6.92 Å². The Morgan fingerprint density at radius 2 is 2.24 bits per heavy atom. The predicted octanol–water partition coefficient (Wildman–Crippen LogP) is 3.56. The minimum Gasteiger partial charge on any atom is -0.344 e. The summed E-state index contributed by atoms with van der Waals surface area (Å²) in [6, 6.07) is 8.10. The molecule has 1 atom stereocenters. The Labute approximate surface area is 110 Å². The van der Waals surface area contributed by atoms with E-state index in [9.17, 15) is 0 Å². The van der Waals surface area contributed by atoms with Crippen LogP contribution >= 0.6 is 15.9 Å². The highest BCUT2D eigenvalue weighted by Gasteiger charge is 2.13. The predicted molar refractivity (Wildman–Crippen MR) is 73.7 cm³/mol. The third kappa shape index (κ3) is 2.58. The molecule has 0 saturated heterocycles. The van der Waals surface area contributed by atoms with E-state index in [1.165, 1.54) is 0 Å². The molecule has 3 N–H and O–H groups in total. The van der Waals surface area contributed by atoms with Gasteiger partial charge in [-0.15, -0.1) is 0 Å². The van der Waals surface area contributed by atoms with Gasteiger partial charge in [0, 0.05) is 15.7 Å². The quantitative estimate of drug-likeness (QED) is 0.909. The molecule has 1 aromatic carbocycles. The number of rotatable bonds is 3. The lowest BCUT2D eigenvalue weighted by Gasteiger charge is -2.03. The molecule has 0 aliphatic rings. The van der Waals surface area contributed by atoms with E-state index < -0.39 is 0 Å². The molecule has 2 aromatic rings. The summed E-state index contributed by atoms with van der Waals surface area (Å²) in [5.41, 5.74) is 9.12. The maximum absolute atomic E-state index is 5.98. The molecule has 1 unspecified atom stereocenters. The molecular formula is C13H16BrN3. The zero-order valence-corrected chi connectivity index (χ0v) is 11.6.